The standard InChI is InChI=1S/C32H39N7OS/c1-3-4-15-29-33-23(2)27(21-30(41)38-18-11-6-5-7-12-19-38)32(40)39(29)22-24-16-17-26(25-13-9-8-10-14-25)28(20-24)31-34-36-37-35-31/h8-10,13-14,16-17,20H,3-7,11-12,15,18-19,21-22H2,1-2H3,(H,34,35,36,37). The van der Waals surface area contributed by atoms with Crippen LogP contribution in [-0.4, -0.2) is 53.2 Å². The van der Waals surface area contributed by atoms with E-state index in [0.717, 1.165) is 84.0 Å². The Labute approximate surface area is 247 Å². The van der Waals surface area contributed by atoms with Crippen LogP contribution in [0, 0.1) is 6.92 Å². The molecule has 41 heavy (non-hydrogen) atoms. The number of nitrogens with one attached hydrogen (secondary N) is 1. The van der Waals surface area contributed by atoms with Gasteiger partial charge < -0.3 is 4.90 Å². The number of benzene rings is 2. The van der Waals surface area contributed by atoms with Crippen LogP contribution in [0.3, 0.4) is 0 Å². The average molecular weight is 570 g/mol. The lowest BCUT2D eigenvalue weighted by Gasteiger charge is -2.27. The Hall–Kier alpha value is -3.72. The van der Waals surface area contributed by atoms with E-state index in [1.807, 2.05) is 29.7 Å². The summed E-state index contributed by atoms with van der Waals surface area (Å²) in [7, 11) is 0. The summed E-state index contributed by atoms with van der Waals surface area (Å²) in [6.07, 6.45) is 9.31. The number of tetrazole rings is 1. The Morgan fingerprint density at radius 2 is 1.76 bits per heavy atom. The van der Waals surface area contributed by atoms with Gasteiger partial charge in [-0.2, -0.15) is 5.21 Å². The van der Waals surface area contributed by atoms with E-state index in [1.165, 1.54) is 19.3 Å². The lowest BCUT2D eigenvalue weighted by molar-refractivity contribution is 0.363. The summed E-state index contributed by atoms with van der Waals surface area (Å²) in [6, 6.07) is 16.4. The number of aromatic nitrogens is 6. The average Bonchev–Trinajstić information content (AvgIpc) is 3.51. The molecule has 9 heteroatoms. The number of aromatic amines is 1. The minimum atomic E-state index is 0.00578. The first-order chi connectivity index (χ1) is 20.0. The van der Waals surface area contributed by atoms with E-state index in [2.05, 4.69) is 62.8 Å². The molecule has 0 saturated carbocycles. The number of unbranched alkanes of at least 4 members (excludes halogenated alkanes) is 1. The maximum atomic E-state index is 14.1. The van der Waals surface area contributed by atoms with Crippen molar-refractivity contribution in [1.29, 1.82) is 0 Å². The molecule has 1 fully saturated rings. The van der Waals surface area contributed by atoms with Gasteiger partial charge in [0.15, 0.2) is 0 Å². The smallest absolute Gasteiger partial charge is 0.257 e. The molecule has 4 aromatic rings. The summed E-state index contributed by atoms with van der Waals surface area (Å²) in [4.78, 5) is 22.3. The molecule has 3 heterocycles. The highest BCUT2D eigenvalue weighted by atomic mass is 32.1. The van der Waals surface area contributed by atoms with Crippen molar-refractivity contribution in [1.82, 2.24) is 35.1 Å². The predicted octanol–water partition coefficient (Wildman–Crippen LogP) is 5.93. The Morgan fingerprint density at radius 3 is 2.46 bits per heavy atom. The van der Waals surface area contributed by atoms with Crippen molar-refractivity contribution in [3.63, 3.8) is 0 Å². The monoisotopic (exact) mass is 569 g/mol. The summed E-state index contributed by atoms with van der Waals surface area (Å²) in [5.41, 5.74) is 5.42. The molecule has 0 atom stereocenters. The Balaban J connectivity index is 1.50. The number of likely N-dealkylation sites (tertiary alicyclic amines) is 1. The molecule has 1 aliphatic heterocycles. The van der Waals surface area contributed by atoms with E-state index in [4.69, 9.17) is 17.2 Å². The van der Waals surface area contributed by atoms with Crippen molar-refractivity contribution < 1.29 is 0 Å². The Morgan fingerprint density at radius 1 is 1.00 bits per heavy atom. The minimum Gasteiger partial charge on any atom is -0.366 e. The summed E-state index contributed by atoms with van der Waals surface area (Å²) in [5.74, 6) is 1.34. The summed E-state index contributed by atoms with van der Waals surface area (Å²) >= 11 is 5.91. The van der Waals surface area contributed by atoms with Crippen LogP contribution < -0.4 is 5.56 Å². The fourth-order valence-corrected chi connectivity index (χ4v) is 5.94. The van der Waals surface area contributed by atoms with Gasteiger partial charge in [0.25, 0.3) is 5.56 Å². The highest BCUT2D eigenvalue weighted by Gasteiger charge is 2.20. The van der Waals surface area contributed by atoms with Crippen LogP contribution in [0.1, 0.15) is 74.5 Å². The third-order valence-corrected chi connectivity index (χ3v) is 8.34. The highest BCUT2D eigenvalue weighted by molar-refractivity contribution is 7.80. The fourth-order valence-electron chi connectivity index (χ4n) is 5.61. The number of thiocarbonyl (C=S) groups is 1. The summed E-state index contributed by atoms with van der Waals surface area (Å²) < 4.78 is 1.85. The molecule has 0 spiro atoms. The van der Waals surface area contributed by atoms with Gasteiger partial charge in [-0.15, -0.1) is 10.2 Å². The zero-order valence-corrected chi connectivity index (χ0v) is 24.9. The number of aryl methyl sites for hydroxylation is 2. The molecule has 1 aliphatic rings. The molecule has 0 radical (unpaired) electrons. The molecule has 0 bridgehead atoms. The van der Waals surface area contributed by atoms with Gasteiger partial charge in [-0.1, -0.05) is 87.3 Å². The van der Waals surface area contributed by atoms with E-state index in [0.29, 0.717) is 24.4 Å². The van der Waals surface area contributed by atoms with Crippen LogP contribution in [0.15, 0.2) is 53.3 Å². The number of hydrogen-bond donors (Lipinski definition) is 1. The lowest BCUT2D eigenvalue weighted by atomic mass is 9.97. The van der Waals surface area contributed by atoms with E-state index < -0.39 is 0 Å². The van der Waals surface area contributed by atoms with Crippen molar-refractivity contribution in [3.8, 4) is 22.5 Å². The summed E-state index contributed by atoms with van der Waals surface area (Å²) in [6.45, 7) is 6.47. The van der Waals surface area contributed by atoms with E-state index in [9.17, 15) is 4.79 Å². The number of rotatable bonds is 9. The molecule has 214 valence electrons. The second-order valence-corrected chi connectivity index (χ2v) is 11.4. The second kappa shape index (κ2) is 13.8. The molecule has 0 amide bonds. The van der Waals surface area contributed by atoms with Gasteiger partial charge in [0.05, 0.1) is 11.5 Å². The van der Waals surface area contributed by atoms with Gasteiger partial charge in [0.2, 0.25) is 5.82 Å². The molecule has 0 unspecified atom stereocenters. The topological polar surface area (TPSA) is 92.6 Å². The third-order valence-electron chi connectivity index (χ3n) is 7.93. The molecule has 5 rings (SSSR count). The fraction of sp³-hybridized carbons (Fsp3) is 0.438. The van der Waals surface area contributed by atoms with Gasteiger partial charge >= 0.3 is 0 Å². The maximum Gasteiger partial charge on any atom is 0.257 e. The number of H-pyrrole nitrogens is 1. The normalized spacial score (nSPS) is 14.0. The van der Waals surface area contributed by atoms with Gasteiger partial charge in [-0.25, -0.2) is 4.98 Å². The predicted molar refractivity (Wildman–Crippen MR) is 167 cm³/mol. The first kappa shape index (κ1) is 28.8. The third kappa shape index (κ3) is 6.96. The zero-order valence-electron chi connectivity index (χ0n) is 24.1. The van der Waals surface area contributed by atoms with Crippen LogP contribution in [0.4, 0.5) is 0 Å². The van der Waals surface area contributed by atoms with Crippen molar-refractivity contribution in [2.75, 3.05) is 13.1 Å². The van der Waals surface area contributed by atoms with E-state index in [1.54, 1.807) is 0 Å². The molecule has 2 aromatic heterocycles. The maximum absolute atomic E-state index is 14.1. The Bertz CT molecular complexity index is 1510. The molecule has 2 aromatic carbocycles. The second-order valence-electron chi connectivity index (χ2n) is 10.9. The van der Waals surface area contributed by atoms with Crippen molar-refractivity contribution in [2.45, 2.75) is 78.2 Å². The Kier molecular flexibility index (Phi) is 9.67. The summed E-state index contributed by atoms with van der Waals surface area (Å²) in [5, 5.41) is 14.9. The van der Waals surface area contributed by atoms with Gasteiger partial charge in [-0.05, 0) is 54.2 Å². The van der Waals surface area contributed by atoms with Crippen molar-refractivity contribution >= 4 is 17.2 Å². The van der Waals surface area contributed by atoms with Crippen molar-refractivity contribution in [2.24, 2.45) is 0 Å². The van der Waals surface area contributed by atoms with Crippen LogP contribution in [0.2, 0.25) is 0 Å². The van der Waals surface area contributed by atoms with Crippen LogP contribution in [-0.2, 0) is 19.4 Å². The quantitative estimate of drug-likeness (QED) is 0.250. The lowest BCUT2D eigenvalue weighted by Crippen LogP contribution is -2.37. The van der Waals surface area contributed by atoms with Gasteiger partial charge in [0.1, 0.15) is 5.82 Å². The zero-order chi connectivity index (χ0) is 28.6. The minimum absolute atomic E-state index is 0.00578. The molecule has 1 saturated heterocycles. The van der Waals surface area contributed by atoms with Crippen molar-refractivity contribution in [3.05, 3.63) is 81.5 Å². The molecule has 0 aliphatic carbocycles. The largest absolute Gasteiger partial charge is 0.366 e. The van der Waals surface area contributed by atoms with Gasteiger partial charge in [0, 0.05) is 42.8 Å². The molecular weight excluding hydrogens is 530 g/mol. The van der Waals surface area contributed by atoms with Crippen LogP contribution in [0.25, 0.3) is 22.5 Å². The molecule has 8 nitrogen and oxygen atoms in total. The molecule has 1 N–H and O–H groups in total. The number of hydrogen-bond acceptors (Lipinski definition) is 6. The van der Waals surface area contributed by atoms with Gasteiger partial charge in [-0.3, -0.25) is 9.36 Å². The van der Waals surface area contributed by atoms with Crippen LogP contribution in [0.5, 0.6) is 0 Å². The molecular formula is C32H39N7OS. The van der Waals surface area contributed by atoms with E-state index in [-0.39, 0.29) is 5.56 Å². The first-order valence-electron chi connectivity index (χ1n) is 14.8. The van der Waals surface area contributed by atoms with E-state index >= 15 is 0 Å². The number of nitrogens with zero attached hydrogens (tertiary/aromatic N) is 6. The SMILES string of the molecule is CCCCc1nc(C)c(CC(=S)N2CCCCCCC2)c(=O)n1Cc1ccc(-c2ccccc2)c(-c2nn[nH]n2)c1. The highest BCUT2D eigenvalue weighted by Crippen LogP contribution is 2.31. The van der Waals surface area contributed by atoms with Crippen LogP contribution >= 0.6 is 12.2 Å². The first-order valence-corrected chi connectivity index (χ1v) is 15.2.